The van der Waals surface area contributed by atoms with Gasteiger partial charge in [0.05, 0.1) is 97.0 Å². The van der Waals surface area contributed by atoms with Crippen molar-refractivity contribution < 1.29 is 50.1 Å². The highest BCUT2D eigenvalue weighted by Gasteiger charge is 2.50. The SMILES string of the molecule is NCCO.[C-]#[N+]C(C)(C)CC(C)(CC(C)(S)C(=O)NCCC[N+](C)(C)CCCS(C)(=O)=O)C(=O)NCCCC.[C-]#[N+]C(C)(C)CC(C)(CC(C)(SC(=S)c1ccccc1)C(=O)NCCC[N+](C)(C)CCCS(C)(=O)=O)C(=O)NCCCC. The molecule has 0 saturated carbocycles. The fourth-order valence-corrected chi connectivity index (χ4v) is 13.4. The summed E-state index contributed by atoms with van der Waals surface area (Å²) in [7, 11) is 2.26. The molecule has 23 heteroatoms. The van der Waals surface area contributed by atoms with Gasteiger partial charge in [-0.1, -0.05) is 94.8 Å². The number of thiol groups is 1. The lowest BCUT2D eigenvalue weighted by Gasteiger charge is -2.38. The van der Waals surface area contributed by atoms with Crippen molar-refractivity contribution in [2.75, 3.05) is 118 Å². The monoisotopic (exact) mass is 1250 g/mol. The number of carbonyl (C=O) groups is 4. The normalized spacial score (nSPS) is 15.1. The first kappa shape index (κ1) is 80.7. The van der Waals surface area contributed by atoms with Crippen LogP contribution in [0, 0.1) is 24.0 Å². The number of nitrogens with one attached hydrogen (secondary N) is 4. The van der Waals surface area contributed by atoms with Crippen LogP contribution in [0.15, 0.2) is 30.3 Å². The number of benzene rings is 1. The summed E-state index contributed by atoms with van der Waals surface area (Å²) in [6.45, 7) is 39.4. The maximum atomic E-state index is 14.0. The minimum atomic E-state index is -3.00. The fraction of sp³-hybridized carbons (Fsp3) is 0.780. The van der Waals surface area contributed by atoms with Crippen molar-refractivity contribution in [1.82, 2.24) is 21.3 Å². The van der Waals surface area contributed by atoms with Crippen LogP contribution in [0.5, 0.6) is 0 Å². The van der Waals surface area contributed by atoms with Gasteiger partial charge in [-0.05, 0) is 45.1 Å². The lowest BCUT2D eigenvalue weighted by Crippen LogP contribution is -2.52. The molecule has 0 aliphatic carbocycles. The number of thioether (sulfide) groups is 1. The van der Waals surface area contributed by atoms with Crippen LogP contribution in [0.4, 0.5) is 0 Å². The lowest BCUT2D eigenvalue weighted by molar-refractivity contribution is -0.890. The van der Waals surface area contributed by atoms with Crippen LogP contribution < -0.4 is 27.0 Å². The number of unbranched alkanes of at least 4 members (excludes halogenated alkanes) is 2. The molecule has 0 spiro atoms. The van der Waals surface area contributed by atoms with Gasteiger partial charge >= 0.3 is 0 Å². The Morgan fingerprint density at radius 1 is 0.610 bits per heavy atom. The van der Waals surface area contributed by atoms with Crippen LogP contribution in [0.2, 0.25) is 0 Å². The topological polar surface area (TPSA) is 240 Å². The zero-order chi connectivity index (χ0) is 63.9. The van der Waals surface area contributed by atoms with Crippen LogP contribution >= 0.6 is 36.6 Å². The molecule has 4 atom stereocenters. The molecular formula is C59H109N9O9S5+2. The van der Waals surface area contributed by atoms with Crippen molar-refractivity contribution in [3.05, 3.63) is 58.7 Å². The van der Waals surface area contributed by atoms with Crippen LogP contribution in [0.1, 0.15) is 152 Å². The van der Waals surface area contributed by atoms with Crippen molar-refractivity contribution in [1.29, 1.82) is 0 Å². The fourth-order valence-electron chi connectivity index (χ4n) is 9.73. The van der Waals surface area contributed by atoms with Crippen LogP contribution in [-0.2, 0) is 38.9 Å². The van der Waals surface area contributed by atoms with Crippen molar-refractivity contribution in [2.24, 2.45) is 16.6 Å². The Bertz CT molecular complexity index is 2440. The zero-order valence-electron chi connectivity index (χ0n) is 53.0. The number of carbonyl (C=O) groups excluding carboxylic acids is 4. The second kappa shape index (κ2) is 37.2. The molecule has 1 rings (SSSR count). The van der Waals surface area contributed by atoms with E-state index in [2.05, 4.69) is 85.6 Å². The third kappa shape index (κ3) is 35.8. The number of nitrogens with two attached hydrogens (primary N) is 1. The van der Waals surface area contributed by atoms with E-state index >= 15 is 0 Å². The molecule has 4 amide bonds. The molecule has 82 heavy (non-hydrogen) atoms. The van der Waals surface area contributed by atoms with E-state index < -0.39 is 51.1 Å². The standard InChI is InChI=1S/C32H52N4O4S3.C25H48N4O4S2.C2H7NO/c1-10-11-19-34-28(37)31(4,24-30(2,3)33-6)25-32(5,42-27(41)26-17-13-12-14-18-26)29(38)35-20-15-21-36(7,8)22-16-23-43(9,39)40;1-10-11-14-27-21(30)24(4,19-23(2,3)26-6)20-25(5,34)22(31)28-15-12-16-29(7,8)17-13-18-35(9,32)33;3-1-2-4/h12-14,17-18H,10-11,15-16,19-25H2,1-5,7-9H3,(H-,34,35,37,38);10-20H2,1-5,7-9H3,(H2-,27,28,30,31,34);4H,1-3H2/p+2. The van der Waals surface area contributed by atoms with Crippen LogP contribution in [0.3, 0.4) is 0 Å². The summed E-state index contributed by atoms with van der Waals surface area (Å²) in [6.07, 6.45) is 9.79. The highest BCUT2D eigenvalue weighted by Crippen LogP contribution is 2.45. The van der Waals surface area contributed by atoms with Crippen LogP contribution in [-0.4, -0.2) is 197 Å². The van der Waals surface area contributed by atoms with E-state index in [9.17, 15) is 36.0 Å². The van der Waals surface area contributed by atoms with Gasteiger partial charge < -0.3 is 50.8 Å². The quantitative estimate of drug-likeness (QED) is 0.0114. The molecule has 0 heterocycles. The minimum absolute atomic E-state index is 0.0972. The van der Waals surface area contributed by atoms with Crippen molar-refractivity contribution in [3.63, 3.8) is 0 Å². The molecule has 1 aromatic carbocycles. The Balaban J connectivity index is 0. The van der Waals surface area contributed by atoms with Crippen molar-refractivity contribution in [2.45, 2.75) is 167 Å². The number of thiocarbonyl (C=S) groups is 1. The van der Waals surface area contributed by atoms with Gasteiger partial charge in [-0.15, -0.1) is 0 Å². The molecule has 0 aromatic heterocycles. The predicted molar refractivity (Wildman–Crippen MR) is 347 cm³/mol. The average Bonchev–Trinajstić information content (AvgIpc) is 3.36. The summed E-state index contributed by atoms with van der Waals surface area (Å²) in [5, 5.41) is 19.8. The Labute approximate surface area is 512 Å². The Morgan fingerprint density at radius 2 is 0.951 bits per heavy atom. The molecule has 0 radical (unpaired) electrons. The van der Waals surface area contributed by atoms with Gasteiger partial charge in [-0.25, -0.2) is 30.0 Å². The Morgan fingerprint density at radius 3 is 1.30 bits per heavy atom. The number of hydrogen-bond donors (Lipinski definition) is 7. The minimum Gasteiger partial charge on any atom is -0.395 e. The third-order valence-corrected chi connectivity index (χ3v) is 18.0. The van der Waals surface area contributed by atoms with E-state index in [0.29, 0.717) is 78.0 Å². The molecule has 4 unspecified atom stereocenters. The van der Waals surface area contributed by atoms with E-state index in [0.717, 1.165) is 63.8 Å². The number of hydrogen-bond acceptors (Lipinski definition) is 13. The van der Waals surface area contributed by atoms with E-state index in [4.69, 9.17) is 36.2 Å². The van der Waals surface area contributed by atoms with Crippen molar-refractivity contribution >= 4 is 84.1 Å². The third-order valence-electron chi connectivity index (χ3n) is 13.9. The summed E-state index contributed by atoms with van der Waals surface area (Å²) in [5.41, 5.74) is 2.17. The molecule has 0 aliphatic heterocycles. The summed E-state index contributed by atoms with van der Waals surface area (Å²) in [4.78, 5) is 61.3. The highest BCUT2D eigenvalue weighted by atomic mass is 32.2. The zero-order valence-corrected chi connectivity index (χ0v) is 57.2. The summed E-state index contributed by atoms with van der Waals surface area (Å²) < 4.78 is 45.4. The first-order valence-corrected chi connectivity index (χ1v) is 34.5. The summed E-state index contributed by atoms with van der Waals surface area (Å²) in [5.74, 6) is -0.404. The number of rotatable bonds is 37. The van der Waals surface area contributed by atoms with Crippen LogP contribution in [0.25, 0.3) is 9.69 Å². The number of amides is 4. The van der Waals surface area contributed by atoms with Gasteiger partial charge in [0, 0.05) is 111 Å². The first-order valence-electron chi connectivity index (χ1n) is 28.7. The summed E-state index contributed by atoms with van der Waals surface area (Å²) in [6, 6.07) is 9.54. The van der Waals surface area contributed by atoms with Gasteiger partial charge in [0.25, 0.3) is 0 Å². The van der Waals surface area contributed by atoms with Gasteiger partial charge in [-0.2, -0.15) is 12.6 Å². The number of sulfone groups is 2. The van der Waals surface area contributed by atoms with Gasteiger partial charge in [0.1, 0.15) is 19.7 Å². The predicted octanol–water partition coefficient (Wildman–Crippen LogP) is 7.30. The lowest BCUT2D eigenvalue weighted by atomic mass is 9.72. The maximum Gasteiger partial charge on any atom is 0.236 e. The number of quaternary nitrogens is 2. The van der Waals surface area contributed by atoms with Gasteiger partial charge in [0.2, 0.25) is 34.7 Å². The van der Waals surface area contributed by atoms with Gasteiger partial charge in [-0.3, -0.25) is 19.2 Å². The number of aliphatic hydroxyl groups excluding tert-OH is 1. The van der Waals surface area contributed by atoms with E-state index in [1.165, 1.54) is 24.3 Å². The highest BCUT2D eigenvalue weighted by molar-refractivity contribution is 8.25. The number of aliphatic hydroxyl groups is 1. The Kier molecular flexibility index (Phi) is 36.6. The van der Waals surface area contributed by atoms with E-state index in [1.807, 2.05) is 78.8 Å². The molecule has 7 N–H and O–H groups in total. The average molecular weight is 1250 g/mol. The first-order chi connectivity index (χ1) is 37.5. The molecule has 0 bridgehead atoms. The molecule has 0 fully saturated rings. The molecule has 1 aromatic rings. The molecule has 18 nitrogen and oxygen atoms in total. The number of nitrogens with zero attached hydrogens (tertiary/aromatic N) is 4. The second-order valence-electron chi connectivity index (χ2n) is 25.6. The van der Waals surface area contributed by atoms with E-state index in [-0.39, 0.29) is 54.6 Å². The molecule has 472 valence electrons. The largest absolute Gasteiger partial charge is 0.395 e. The van der Waals surface area contributed by atoms with E-state index in [1.54, 1.807) is 6.92 Å². The Hall–Kier alpha value is -3.39. The summed E-state index contributed by atoms with van der Waals surface area (Å²) >= 11 is 11.8. The maximum absolute atomic E-state index is 14.0. The van der Waals surface area contributed by atoms with Crippen molar-refractivity contribution in [3.8, 4) is 0 Å². The smallest absolute Gasteiger partial charge is 0.236 e. The second-order valence-corrected chi connectivity index (χ2v) is 33.3. The molecule has 0 aliphatic rings. The van der Waals surface area contributed by atoms with Gasteiger partial charge in [0.15, 0.2) is 0 Å². The molecule has 0 saturated heterocycles. The molecular weight excluding hydrogens is 1140 g/mol.